The Bertz CT molecular complexity index is 325. The van der Waals surface area contributed by atoms with Gasteiger partial charge in [-0.15, -0.1) is 0 Å². The van der Waals surface area contributed by atoms with Crippen molar-refractivity contribution in [3.8, 4) is 0 Å². The van der Waals surface area contributed by atoms with Crippen LogP contribution >= 0.6 is 0 Å². The summed E-state index contributed by atoms with van der Waals surface area (Å²) < 4.78 is 0. The van der Waals surface area contributed by atoms with Crippen molar-refractivity contribution in [1.29, 1.82) is 0 Å². The highest BCUT2D eigenvalue weighted by atomic mass is 14.1. The largest absolute Gasteiger partial charge is 0.0654 e. The summed E-state index contributed by atoms with van der Waals surface area (Å²) >= 11 is 0. The Morgan fingerprint density at radius 3 is 2.11 bits per heavy atom. The average Bonchev–Trinajstić information content (AvgIpc) is 2.40. The lowest BCUT2D eigenvalue weighted by Gasteiger charge is -2.10. The molecule has 18 heavy (non-hydrogen) atoms. The fourth-order valence-corrected chi connectivity index (χ4v) is 2.46. The summed E-state index contributed by atoms with van der Waals surface area (Å²) in [6, 6.07) is 7.04. The number of benzene rings is 1. The molecule has 0 saturated heterocycles. The van der Waals surface area contributed by atoms with Crippen molar-refractivity contribution in [2.24, 2.45) is 0 Å². The minimum absolute atomic E-state index is 0.927. The molecule has 1 rings (SSSR count). The molecule has 0 heterocycles. The zero-order valence-electron chi connectivity index (χ0n) is 12.3. The molecular formula is C18H29. The maximum atomic E-state index is 4.05. The molecule has 1 radical (unpaired) electrons. The third kappa shape index (κ3) is 5.25. The summed E-state index contributed by atoms with van der Waals surface area (Å²) in [6.45, 7) is 8.58. The smallest absolute Gasteiger partial charge is 0.0276 e. The van der Waals surface area contributed by atoms with E-state index in [1.165, 1.54) is 62.5 Å². The van der Waals surface area contributed by atoms with Crippen LogP contribution in [0.15, 0.2) is 18.2 Å². The first-order valence-electron chi connectivity index (χ1n) is 7.71. The molecule has 0 heteroatoms. The van der Waals surface area contributed by atoms with Crippen LogP contribution in [0.4, 0.5) is 0 Å². The van der Waals surface area contributed by atoms with Crippen LogP contribution in [0, 0.1) is 6.92 Å². The van der Waals surface area contributed by atoms with E-state index in [1.807, 2.05) is 0 Å². The second-order valence-corrected chi connectivity index (χ2v) is 5.27. The first kappa shape index (κ1) is 15.3. The van der Waals surface area contributed by atoms with Crippen LogP contribution in [0.1, 0.15) is 69.1 Å². The quantitative estimate of drug-likeness (QED) is 0.502. The van der Waals surface area contributed by atoms with E-state index in [0.29, 0.717) is 0 Å². The molecule has 0 atom stereocenters. The first-order chi connectivity index (χ1) is 8.81. The fourth-order valence-electron chi connectivity index (χ4n) is 2.46. The first-order valence-corrected chi connectivity index (χ1v) is 7.71. The molecule has 0 aliphatic rings. The molecule has 1 aromatic rings. The summed E-state index contributed by atoms with van der Waals surface area (Å²) in [4.78, 5) is 0. The SMILES string of the molecule is [CH2]Cc1ccc(CCCCC)cc1CCCCC. The molecular weight excluding hydrogens is 216 g/mol. The van der Waals surface area contributed by atoms with Gasteiger partial charge in [-0.05, 0) is 55.7 Å². The van der Waals surface area contributed by atoms with Crippen LogP contribution in [0.25, 0.3) is 0 Å². The van der Waals surface area contributed by atoms with Gasteiger partial charge in [-0.2, -0.15) is 0 Å². The number of aryl methyl sites for hydroxylation is 2. The monoisotopic (exact) mass is 245 g/mol. The van der Waals surface area contributed by atoms with E-state index < -0.39 is 0 Å². The van der Waals surface area contributed by atoms with Crippen molar-refractivity contribution in [2.75, 3.05) is 0 Å². The molecule has 0 bridgehead atoms. The van der Waals surface area contributed by atoms with Crippen LogP contribution in [0.5, 0.6) is 0 Å². The molecule has 0 aliphatic heterocycles. The van der Waals surface area contributed by atoms with E-state index in [4.69, 9.17) is 0 Å². The second kappa shape index (κ2) is 9.19. The Morgan fingerprint density at radius 2 is 1.50 bits per heavy atom. The van der Waals surface area contributed by atoms with Gasteiger partial charge in [-0.25, -0.2) is 0 Å². The maximum Gasteiger partial charge on any atom is -0.0276 e. The van der Waals surface area contributed by atoms with Gasteiger partial charge in [0.1, 0.15) is 0 Å². The molecule has 1 aromatic carbocycles. The fraction of sp³-hybridized carbons (Fsp3) is 0.611. The predicted molar refractivity (Wildman–Crippen MR) is 82.0 cm³/mol. The van der Waals surface area contributed by atoms with Crippen LogP contribution < -0.4 is 0 Å². The summed E-state index contributed by atoms with van der Waals surface area (Å²) in [5.41, 5.74) is 4.52. The lowest BCUT2D eigenvalue weighted by Crippen LogP contribution is -1.96. The average molecular weight is 245 g/mol. The van der Waals surface area contributed by atoms with Gasteiger partial charge in [0.25, 0.3) is 0 Å². The van der Waals surface area contributed by atoms with Gasteiger partial charge in [-0.3, -0.25) is 0 Å². The molecule has 0 aliphatic carbocycles. The minimum atomic E-state index is 0.927. The third-order valence-electron chi connectivity index (χ3n) is 3.66. The molecule has 101 valence electrons. The topological polar surface area (TPSA) is 0 Å². The van der Waals surface area contributed by atoms with Crippen molar-refractivity contribution in [3.05, 3.63) is 41.8 Å². The maximum absolute atomic E-state index is 4.05. The Balaban J connectivity index is 2.62. The Morgan fingerprint density at radius 1 is 0.833 bits per heavy atom. The lowest BCUT2D eigenvalue weighted by atomic mass is 9.95. The van der Waals surface area contributed by atoms with Crippen molar-refractivity contribution < 1.29 is 0 Å². The van der Waals surface area contributed by atoms with Crippen molar-refractivity contribution >= 4 is 0 Å². The van der Waals surface area contributed by atoms with Crippen molar-refractivity contribution in [3.63, 3.8) is 0 Å². The van der Waals surface area contributed by atoms with Crippen LogP contribution in [-0.4, -0.2) is 0 Å². The van der Waals surface area contributed by atoms with E-state index in [1.54, 1.807) is 5.56 Å². The molecule has 0 fully saturated rings. The highest BCUT2D eigenvalue weighted by molar-refractivity contribution is 5.33. The van der Waals surface area contributed by atoms with Gasteiger partial charge in [-0.1, -0.05) is 57.7 Å². The van der Waals surface area contributed by atoms with E-state index in [0.717, 1.165) is 6.42 Å². The van der Waals surface area contributed by atoms with Crippen molar-refractivity contribution in [1.82, 2.24) is 0 Å². The zero-order chi connectivity index (χ0) is 13.2. The van der Waals surface area contributed by atoms with Gasteiger partial charge in [0.15, 0.2) is 0 Å². The molecule has 0 N–H and O–H groups in total. The Kier molecular flexibility index (Phi) is 7.80. The molecule has 0 amide bonds. The van der Waals surface area contributed by atoms with Crippen LogP contribution in [0.3, 0.4) is 0 Å². The minimum Gasteiger partial charge on any atom is -0.0654 e. The molecule has 0 saturated carbocycles. The Labute approximate surface area is 114 Å². The lowest BCUT2D eigenvalue weighted by molar-refractivity contribution is 0.706. The summed E-state index contributed by atoms with van der Waals surface area (Å²) in [5.74, 6) is 0. The van der Waals surface area contributed by atoms with Crippen LogP contribution in [-0.2, 0) is 19.3 Å². The highest BCUT2D eigenvalue weighted by Crippen LogP contribution is 2.17. The second-order valence-electron chi connectivity index (χ2n) is 5.27. The molecule has 0 aromatic heterocycles. The molecule has 0 spiro atoms. The van der Waals surface area contributed by atoms with Gasteiger partial charge in [0, 0.05) is 0 Å². The summed E-state index contributed by atoms with van der Waals surface area (Å²) in [6.07, 6.45) is 11.4. The van der Waals surface area contributed by atoms with E-state index in [9.17, 15) is 0 Å². The van der Waals surface area contributed by atoms with E-state index in [2.05, 4.69) is 39.0 Å². The van der Waals surface area contributed by atoms with Gasteiger partial charge >= 0.3 is 0 Å². The number of rotatable bonds is 9. The predicted octanol–water partition coefficient (Wildman–Crippen LogP) is 5.53. The summed E-state index contributed by atoms with van der Waals surface area (Å²) in [5, 5.41) is 0. The summed E-state index contributed by atoms with van der Waals surface area (Å²) in [7, 11) is 0. The molecule has 0 nitrogen and oxygen atoms in total. The van der Waals surface area contributed by atoms with E-state index in [-0.39, 0.29) is 0 Å². The van der Waals surface area contributed by atoms with Crippen LogP contribution in [0.2, 0.25) is 0 Å². The number of hydrogen-bond donors (Lipinski definition) is 0. The van der Waals surface area contributed by atoms with E-state index >= 15 is 0 Å². The Hall–Kier alpha value is -0.780. The normalized spacial score (nSPS) is 10.8. The standard InChI is InChI=1S/C18H29/c1-4-7-9-11-16-13-14-17(6-3)18(15-16)12-10-8-5-2/h13-15H,3-12H2,1-2H3. The number of hydrogen-bond acceptors (Lipinski definition) is 0. The zero-order valence-corrected chi connectivity index (χ0v) is 12.3. The number of unbranched alkanes of at least 4 members (excludes halogenated alkanes) is 4. The molecule has 0 unspecified atom stereocenters. The van der Waals surface area contributed by atoms with Gasteiger partial charge in [0.2, 0.25) is 0 Å². The van der Waals surface area contributed by atoms with Gasteiger partial charge in [0.05, 0.1) is 0 Å². The third-order valence-corrected chi connectivity index (χ3v) is 3.66. The van der Waals surface area contributed by atoms with Crippen molar-refractivity contribution in [2.45, 2.75) is 71.6 Å². The van der Waals surface area contributed by atoms with Gasteiger partial charge < -0.3 is 0 Å². The highest BCUT2D eigenvalue weighted by Gasteiger charge is 2.03.